The van der Waals surface area contributed by atoms with Crippen LogP contribution in [0.5, 0.6) is 0 Å². The SMILES string of the molecule is N#Cc1cc(F)nc(C(F)F)c1C(=O)O. The van der Waals surface area contributed by atoms with Gasteiger partial charge in [-0.3, -0.25) is 0 Å². The van der Waals surface area contributed by atoms with Gasteiger partial charge in [0.2, 0.25) is 5.95 Å². The maximum atomic E-state index is 12.6. The van der Waals surface area contributed by atoms with Gasteiger partial charge >= 0.3 is 5.97 Å². The fraction of sp³-hybridized carbons (Fsp3) is 0.125. The molecule has 0 radical (unpaired) electrons. The maximum Gasteiger partial charge on any atom is 0.339 e. The van der Waals surface area contributed by atoms with E-state index in [1.165, 1.54) is 6.07 Å². The predicted molar refractivity (Wildman–Crippen MR) is 40.8 cm³/mol. The van der Waals surface area contributed by atoms with E-state index in [9.17, 15) is 18.0 Å². The van der Waals surface area contributed by atoms with E-state index in [2.05, 4.69) is 4.98 Å². The minimum atomic E-state index is -3.25. The molecule has 4 nitrogen and oxygen atoms in total. The zero-order valence-electron chi connectivity index (χ0n) is 7.04. The van der Waals surface area contributed by atoms with Crippen LogP contribution in [0.4, 0.5) is 13.2 Å². The molecule has 0 unspecified atom stereocenters. The van der Waals surface area contributed by atoms with Crippen LogP contribution in [0.1, 0.15) is 28.0 Å². The van der Waals surface area contributed by atoms with Crippen molar-refractivity contribution in [1.29, 1.82) is 5.26 Å². The molecule has 0 bridgehead atoms. The van der Waals surface area contributed by atoms with E-state index in [0.29, 0.717) is 6.07 Å². The molecule has 0 amide bonds. The molecule has 0 saturated heterocycles. The average molecular weight is 216 g/mol. The molecule has 78 valence electrons. The number of carbonyl (C=O) groups is 1. The average Bonchev–Trinajstić information content (AvgIpc) is 2.15. The number of hydrogen-bond donors (Lipinski definition) is 1. The molecule has 0 spiro atoms. The first-order valence-corrected chi connectivity index (χ1v) is 3.59. The highest BCUT2D eigenvalue weighted by Gasteiger charge is 2.24. The quantitative estimate of drug-likeness (QED) is 0.764. The number of nitriles is 1. The number of rotatable bonds is 2. The minimum absolute atomic E-state index is 0.495. The fourth-order valence-corrected chi connectivity index (χ4v) is 1.00. The maximum absolute atomic E-state index is 12.6. The lowest BCUT2D eigenvalue weighted by molar-refractivity contribution is 0.0681. The summed E-state index contributed by atoms with van der Waals surface area (Å²) < 4.78 is 37.2. The second-order valence-electron chi connectivity index (χ2n) is 2.47. The van der Waals surface area contributed by atoms with E-state index in [1.54, 1.807) is 0 Å². The number of carboxylic acids is 1. The number of hydrogen-bond acceptors (Lipinski definition) is 3. The van der Waals surface area contributed by atoms with E-state index in [4.69, 9.17) is 10.4 Å². The molecule has 0 aromatic carbocycles. The molecule has 15 heavy (non-hydrogen) atoms. The molecule has 0 aliphatic rings. The molecule has 0 aliphatic heterocycles. The standard InChI is InChI=1S/C8H3F3N2O2/c9-4-1-3(2-12)5(8(14)15)6(13-4)7(10)11/h1,7H,(H,14,15). The molecule has 1 aromatic rings. The highest BCUT2D eigenvalue weighted by molar-refractivity contribution is 5.91. The van der Waals surface area contributed by atoms with Crippen LogP contribution in [-0.4, -0.2) is 16.1 Å². The smallest absolute Gasteiger partial charge is 0.339 e. The third-order valence-corrected chi connectivity index (χ3v) is 1.56. The van der Waals surface area contributed by atoms with Crippen molar-refractivity contribution in [2.45, 2.75) is 6.43 Å². The summed E-state index contributed by atoms with van der Waals surface area (Å²) in [5.41, 5.74) is -2.88. The van der Waals surface area contributed by atoms with Crippen LogP contribution in [0.15, 0.2) is 6.07 Å². The van der Waals surface area contributed by atoms with Gasteiger partial charge in [0.25, 0.3) is 6.43 Å². The van der Waals surface area contributed by atoms with Gasteiger partial charge in [-0.25, -0.2) is 18.6 Å². The van der Waals surface area contributed by atoms with Crippen molar-refractivity contribution in [3.05, 3.63) is 28.8 Å². The summed E-state index contributed by atoms with van der Waals surface area (Å²) in [6.07, 6.45) is -3.25. The van der Waals surface area contributed by atoms with Crippen molar-refractivity contribution in [2.24, 2.45) is 0 Å². The normalized spacial score (nSPS) is 10.1. The van der Waals surface area contributed by atoms with Crippen LogP contribution in [0.2, 0.25) is 0 Å². The summed E-state index contributed by atoms with van der Waals surface area (Å²) in [7, 11) is 0. The molecule has 1 rings (SSSR count). The van der Waals surface area contributed by atoms with Gasteiger partial charge in [-0.2, -0.15) is 9.65 Å². The van der Waals surface area contributed by atoms with Crippen LogP contribution < -0.4 is 0 Å². The molecule has 0 fully saturated rings. The van der Waals surface area contributed by atoms with Crippen molar-refractivity contribution < 1.29 is 23.1 Å². The van der Waals surface area contributed by atoms with Gasteiger partial charge in [0, 0.05) is 6.07 Å². The Bertz CT molecular complexity index is 454. The van der Waals surface area contributed by atoms with E-state index >= 15 is 0 Å². The molecule has 1 heterocycles. The Hall–Kier alpha value is -2.10. The Balaban J connectivity index is 3.56. The molecule has 1 aromatic heterocycles. The number of aromatic nitrogens is 1. The van der Waals surface area contributed by atoms with Gasteiger partial charge in [-0.1, -0.05) is 0 Å². The summed E-state index contributed by atoms with van der Waals surface area (Å²) in [6.45, 7) is 0. The number of carboxylic acid groups (broad SMARTS) is 1. The number of alkyl halides is 2. The molecular formula is C8H3F3N2O2. The Morgan fingerprint density at radius 3 is 2.60 bits per heavy atom. The van der Waals surface area contributed by atoms with Crippen LogP contribution in [0.3, 0.4) is 0 Å². The summed E-state index contributed by atoms with van der Waals surface area (Å²) in [6, 6.07) is 1.81. The van der Waals surface area contributed by atoms with Gasteiger partial charge in [0.1, 0.15) is 17.3 Å². The Morgan fingerprint density at radius 1 is 1.60 bits per heavy atom. The monoisotopic (exact) mass is 216 g/mol. The van der Waals surface area contributed by atoms with E-state index in [-0.39, 0.29) is 0 Å². The van der Waals surface area contributed by atoms with Gasteiger partial charge in [-0.15, -0.1) is 0 Å². The molecule has 0 saturated carbocycles. The van der Waals surface area contributed by atoms with Gasteiger partial charge in [-0.05, 0) is 0 Å². The molecule has 7 heteroatoms. The number of halogens is 3. The van der Waals surface area contributed by atoms with E-state index < -0.39 is 35.2 Å². The first kappa shape index (κ1) is 11.0. The van der Waals surface area contributed by atoms with Crippen LogP contribution in [0, 0.1) is 17.3 Å². The van der Waals surface area contributed by atoms with Crippen LogP contribution in [-0.2, 0) is 0 Å². The van der Waals surface area contributed by atoms with Crippen LogP contribution in [0.25, 0.3) is 0 Å². The Morgan fingerprint density at radius 2 is 2.20 bits per heavy atom. The molecule has 0 aliphatic carbocycles. The molecular weight excluding hydrogens is 213 g/mol. The Labute approximate surface area is 81.6 Å². The lowest BCUT2D eigenvalue weighted by Crippen LogP contribution is -2.10. The zero-order chi connectivity index (χ0) is 11.6. The van der Waals surface area contributed by atoms with Crippen molar-refractivity contribution in [3.8, 4) is 6.07 Å². The summed E-state index contributed by atoms with van der Waals surface area (Å²) >= 11 is 0. The first-order valence-electron chi connectivity index (χ1n) is 3.59. The van der Waals surface area contributed by atoms with Crippen molar-refractivity contribution >= 4 is 5.97 Å². The Kier molecular flexibility index (Phi) is 2.90. The lowest BCUT2D eigenvalue weighted by atomic mass is 10.1. The van der Waals surface area contributed by atoms with E-state index in [1.807, 2.05) is 0 Å². The summed E-state index contributed by atoms with van der Waals surface area (Å²) in [5, 5.41) is 17.0. The second-order valence-corrected chi connectivity index (χ2v) is 2.47. The lowest BCUT2D eigenvalue weighted by Gasteiger charge is -2.05. The molecule has 1 N–H and O–H groups in total. The largest absolute Gasteiger partial charge is 0.478 e. The van der Waals surface area contributed by atoms with Gasteiger partial charge in [0.15, 0.2) is 0 Å². The number of aromatic carboxylic acids is 1. The predicted octanol–water partition coefficient (Wildman–Crippen LogP) is 1.73. The fourth-order valence-electron chi connectivity index (χ4n) is 1.00. The molecule has 0 atom stereocenters. The topological polar surface area (TPSA) is 74.0 Å². The van der Waals surface area contributed by atoms with Gasteiger partial charge < -0.3 is 5.11 Å². The third-order valence-electron chi connectivity index (χ3n) is 1.56. The highest BCUT2D eigenvalue weighted by Crippen LogP contribution is 2.23. The van der Waals surface area contributed by atoms with E-state index in [0.717, 1.165) is 0 Å². The number of nitrogens with zero attached hydrogens (tertiary/aromatic N) is 2. The van der Waals surface area contributed by atoms with Crippen molar-refractivity contribution in [1.82, 2.24) is 4.98 Å². The second kappa shape index (κ2) is 3.96. The summed E-state index contributed by atoms with van der Waals surface area (Å²) in [5.74, 6) is -3.05. The summed E-state index contributed by atoms with van der Waals surface area (Å²) in [4.78, 5) is 13.3. The minimum Gasteiger partial charge on any atom is -0.478 e. The zero-order valence-corrected chi connectivity index (χ0v) is 7.04. The van der Waals surface area contributed by atoms with Crippen molar-refractivity contribution in [2.75, 3.05) is 0 Å². The van der Waals surface area contributed by atoms with Crippen LogP contribution >= 0.6 is 0 Å². The third kappa shape index (κ3) is 2.04. The number of pyridine rings is 1. The van der Waals surface area contributed by atoms with Crippen molar-refractivity contribution in [3.63, 3.8) is 0 Å². The highest BCUT2D eigenvalue weighted by atomic mass is 19.3. The van der Waals surface area contributed by atoms with Gasteiger partial charge in [0.05, 0.1) is 5.56 Å². The first-order chi connectivity index (χ1) is 6.97.